The number of hydrogen-bond acceptors (Lipinski definition) is 3. The van der Waals surface area contributed by atoms with Gasteiger partial charge in [-0.3, -0.25) is 4.79 Å². The molecule has 1 heterocycles. The second-order valence-electron chi connectivity index (χ2n) is 4.43. The lowest BCUT2D eigenvalue weighted by Gasteiger charge is -2.30. The maximum absolute atomic E-state index is 12.3. The lowest BCUT2D eigenvalue weighted by atomic mass is 10.1. The highest BCUT2D eigenvalue weighted by molar-refractivity contribution is 5.82. The van der Waals surface area contributed by atoms with E-state index in [0.717, 1.165) is 25.8 Å². The molecule has 0 bridgehead atoms. The molecule has 94 valence electrons. The molecule has 16 heavy (non-hydrogen) atoms. The van der Waals surface area contributed by atoms with Gasteiger partial charge in [-0.2, -0.15) is 0 Å². The number of hydrogen-bond donors (Lipinski definition) is 1. The van der Waals surface area contributed by atoms with Crippen LogP contribution >= 0.6 is 0 Å². The molecule has 4 heteroatoms. The molecular formula is C12H24N2O2. The average Bonchev–Trinajstić information content (AvgIpc) is 2.82. The fourth-order valence-corrected chi connectivity index (χ4v) is 2.05. The quantitative estimate of drug-likeness (QED) is 0.738. The van der Waals surface area contributed by atoms with Crippen LogP contribution in [0.4, 0.5) is 0 Å². The van der Waals surface area contributed by atoms with E-state index in [-0.39, 0.29) is 11.9 Å². The summed E-state index contributed by atoms with van der Waals surface area (Å²) in [6.45, 7) is 6.49. The van der Waals surface area contributed by atoms with Crippen molar-refractivity contribution in [2.45, 2.75) is 45.2 Å². The highest BCUT2D eigenvalue weighted by atomic mass is 16.5. The van der Waals surface area contributed by atoms with Crippen molar-refractivity contribution >= 4 is 5.91 Å². The molecule has 4 nitrogen and oxygen atoms in total. The largest absolute Gasteiger partial charge is 0.383 e. The third kappa shape index (κ3) is 3.46. The van der Waals surface area contributed by atoms with E-state index >= 15 is 0 Å². The molecule has 0 aromatic heterocycles. The zero-order valence-corrected chi connectivity index (χ0v) is 10.7. The lowest BCUT2D eigenvalue weighted by Crippen LogP contribution is -2.48. The summed E-state index contributed by atoms with van der Waals surface area (Å²) < 4.78 is 5.07. The molecule has 1 aliphatic rings. The fraction of sp³-hybridized carbons (Fsp3) is 0.917. The van der Waals surface area contributed by atoms with Gasteiger partial charge in [0.1, 0.15) is 0 Å². The Labute approximate surface area is 98.3 Å². The zero-order valence-electron chi connectivity index (χ0n) is 10.7. The number of nitrogens with zero attached hydrogens (tertiary/aromatic N) is 1. The number of carbonyl (C=O) groups excluding carboxylic acids is 1. The van der Waals surface area contributed by atoms with E-state index in [2.05, 4.69) is 19.2 Å². The minimum absolute atomic E-state index is 0.0332. The van der Waals surface area contributed by atoms with Gasteiger partial charge in [-0.05, 0) is 32.7 Å². The van der Waals surface area contributed by atoms with E-state index in [9.17, 15) is 4.79 Å². The van der Waals surface area contributed by atoms with Crippen molar-refractivity contribution in [2.75, 3.05) is 26.8 Å². The van der Waals surface area contributed by atoms with Crippen LogP contribution in [0.2, 0.25) is 0 Å². The molecule has 1 amide bonds. The van der Waals surface area contributed by atoms with Crippen LogP contribution in [-0.2, 0) is 9.53 Å². The van der Waals surface area contributed by atoms with Crippen molar-refractivity contribution in [2.24, 2.45) is 0 Å². The Morgan fingerprint density at radius 3 is 2.88 bits per heavy atom. The first-order valence-electron chi connectivity index (χ1n) is 6.23. The zero-order chi connectivity index (χ0) is 12.0. The van der Waals surface area contributed by atoms with Crippen molar-refractivity contribution in [1.29, 1.82) is 0 Å². The molecule has 0 radical (unpaired) electrons. The third-order valence-electron chi connectivity index (χ3n) is 3.30. The van der Waals surface area contributed by atoms with Gasteiger partial charge in [-0.1, -0.05) is 6.92 Å². The summed E-state index contributed by atoms with van der Waals surface area (Å²) in [5.41, 5.74) is 0. The minimum atomic E-state index is 0.0332. The molecule has 0 aliphatic carbocycles. The molecule has 0 saturated carbocycles. The molecule has 1 fully saturated rings. The van der Waals surface area contributed by atoms with Gasteiger partial charge in [0.25, 0.3) is 0 Å². The molecule has 2 atom stereocenters. The van der Waals surface area contributed by atoms with Crippen LogP contribution in [0.15, 0.2) is 0 Å². The number of carbonyl (C=O) groups is 1. The third-order valence-corrected chi connectivity index (χ3v) is 3.30. The Hall–Kier alpha value is -0.610. The van der Waals surface area contributed by atoms with Crippen molar-refractivity contribution in [1.82, 2.24) is 10.2 Å². The standard InChI is InChI=1S/C12H24N2O2/c1-4-10(2)14(8-9-16-3)12(15)11-6-5-7-13-11/h10-11,13H,4-9H2,1-3H3. The van der Waals surface area contributed by atoms with Crippen LogP contribution in [0.3, 0.4) is 0 Å². The van der Waals surface area contributed by atoms with Crippen LogP contribution in [-0.4, -0.2) is 49.7 Å². The van der Waals surface area contributed by atoms with Crippen molar-refractivity contribution in [3.63, 3.8) is 0 Å². The van der Waals surface area contributed by atoms with E-state index < -0.39 is 0 Å². The topological polar surface area (TPSA) is 41.6 Å². The van der Waals surface area contributed by atoms with Crippen LogP contribution < -0.4 is 5.32 Å². The summed E-state index contributed by atoms with van der Waals surface area (Å²) in [6.07, 6.45) is 3.07. The fourth-order valence-electron chi connectivity index (χ4n) is 2.05. The second kappa shape index (κ2) is 6.86. The van der Waals surface area contributed by atoms with Crippen LogP contribution in [0.5, 0.6) is 0 Å². The highest BCUT2D eigenvalue weighted by Crippen LogP contribution is 2.12. The van der Waals surface area contributed by atoms with Crippen LogP contribution in [0.25, 0.3) is 0 Å². The molecule has 1 N–H and O–H groups in total. The summed E-state index contributed by atoms with van der Waals surface area (Å²) in [7, 11) is 1.67. The Morgan fingerprint density at radius 1 is 1.62 bits per heavy atom. The van der Waals surface area contributed by atoms with Gasteiger partial charge in [0, 0.05) is 19.7 Å². The van der Waals surface area contributed by atoms with E-state index in [1.807, 2.05) is 4.90 Å². The van der Waals surface area contributed by atoms with Gasteiger partial charge in [-0.25, -0.2) is 0 Å². The molecular weight excluding hydrogens is 204 g/mol. The molecule has 0 aromatic carbocycles. The lowest BCUT2D eigenvalue weighted by molar-refractivity contribution is -0.135. The van der Waals surface area contributed by atoms with Gasteiger partial charge in [0.2, 0.25) is 5.91 Å². The molecule has 1 saturated heterocycles. The summed E-state index contributed by atoms with van der Waals surface area (Å²) >= 11 is 0. The number of ether oxygens (including phenoxy) is 1. The molecule has 0 spiro atoms. The first-order valence-corrected chi connectivity index (χ1v) is 6.23. The van der Waals surface area contributed by atoms with E-state index in [0.29, 0.717) is 19.2 Å². The summed E-state index contributed by atoms with van der Waals surface area (Å²) in [5, 5.41) is 3.26. The predicted molar refractivity (Wildman–Crippen MR) is 64.4 cm³/mol. The van der Waals surface area contributed by atoms with E-state index in [4.69, 9.17) is 4.74 Å². The number of rotatable bonds is 6. The molecule has 2 unspecified atom stereocenters. The Balaban J connectivity index is 2.55. The van der Waals surface area contributed by atoms with Gasteiger partial charge >= 0.3 is 0 Å². The van der Waals surface area contributed by atoms with Crippen molar-refractivity contribution in [3.8, 4) is 0 Å². The van der Waals surface area contributed by atoms with Crippen molar-refractivity contribution < 1.29 is 9.53 Å². The second-order valence-corrected chi connectivity index (χ2v) is 4.43. The number of methoxy groups -OCH3 is 1. The SMILES string of the molecule is CCC(C)N(CCOC)C(=O)C1CCCN1. The van der Waals surface area contributed by atoms with E-state index in [1.165, 1.54) is 0 Å². The van der Waals surface area contributed by atoms with Gasteiger partial charge in [0.15, 0.2) is 0 Å². The Bertz CT molecular complexity index is 215. The Morgan fingerprint density at radius 2 is 2.38 bits per heavy atom. The maximum atomic E-state index is 12.3. The van der Waals surface area contributed by atoms with Gasteiger partial charge in [0.05, 0.1) is 12.6 Å². The minimum Gasteiger partial charge on any atom is -0.383 e. The smallest absolute Gasteiger partial charge is 0.240 e. The number of amides is 1. The summed E-state index contributed by atoms with van der Waals surface area (Å²) in [4.78, 5) is 14.2. The molecule has 1 aliphatic heterocycles. The monoisotopic (exact) mass is 228 g/mol. The van der Waals surface area contributed by atoms with Crippen molar-refractivity contribution in [3.05, 3.63) is 0 Å². The predicted octanol–water partition coefficient (Wildman–Crippen LogP) is 1.01. The van der Waals surface area contributed by atoms with Gasteiger partial charge in [-0.15, -0.1) is 0 Å². The summed E-state index contributed by atoms with van der Waals surface area (Å²) in [5.74, 6) is 0.240. The Kier molecular flexibility index (Phi) is 5.77. The number of nitrogens with one attached hydrogen (secondary N) is 1. The normalized spacial score (nSPS) is 22.1. The summed E-state index contributed by atoms with van der Waals surface area (Å²) in [6, 6.07) is 0.330. The van der Waals surface area contributed by atoms with Gasteiger partial charge < -0.3 is 15.0 Å². The first-order chi connectivity index (χ1) is 7.70. The maximum Gasteiger partial charge on any atom is 0.240 e. The molecule has 0 aromatic rings. The van der Waals surface area contributed by atoms with Crippen LogP contribution in [0, 0.1) is 0 Å². The highest BCUT2D eigenvalue weighted by Gasteiger charge is 2.28. The average molecular weight is 228 g/mol. The first kappa shape index (κ1) is 13.5. The van der Waals surface area contributed by atoms with E-state index in [1.54, 1.807) is 7.11 Å². The molecule has 1 rings (SSSR count). The van der Waals surface area contributed by atoms with Crippen LogP contribution in [0.1, 0.15) is 33.1 Å².